The molecule has 0 heterocycles. The van der Waals surface area contributed by atoms with Crippen LogP contribution in [0, 0.1) is 0 Å². The summed E-state index contributed by atoms with van der Waals surface area (Å²) in [6, 6.07) is 10.3. The van der Waals surface area contributed by atoms with Crippen LogP contribution >= 0.6 is 0 Å². The van der Waals surface area contributed by atoms with E-state index >= 15 is 0 Å². The predicted octanol–water partition coefficient (Wildman–Crippen LogP) is 2.80. The molecule has 0 saturated carbocycles. The van der Waals surface area contributed by atoms with E-state index in [0.29, 0.717) is 0 Å². The molecule has 0 aliphatic carbocycles. The van der Waals surface area contributed by atoms with Gasteiger partial charge in [-0.05, 0) is 18.4 Å². The SMILES string of the molecule is COCCCC(OC)c1ccccc1. The zero-order valence-electron chi connectivity index (χ0n) is 8.90. The Balaban J connectivity index is 2.46. The van der Waals surface area contributed by atoms with Crippen LogP contribution in [-0.4, -0.2) is 20.8 Å². The largest absolute Gasteiger partial charge is 0.385 e. The van der Waals surface area contributed by atoms with E-state index in [4.69, 9.17) is 9.47 Å². The average Bonchev–Trinajstić information content (AvgIpc) is 2.26. The Kier molecular flexibility index (Phi) is 5.27. The van der Waals surface area contributed by atoms with Gasteiger partial charge in [0.15, 0.2) is 0 Å². The van der Waals surface area contributed by atoms with Crippen LogP contribution < -0.4 is 0 Å². The molecule has 78 valence electrons. The van der Waals surface area contributed by atoms with Gasteiger partial charge in [0.25, 0.3) is 0 Å². The summed E-state index contributed by atoms with van der Waals surface area (Å²) < 4.78 is 10.4. The first-order valence-electron chi connectivity index (χ1n) is 4.95. The number of hydrogen-bond donors (Lipinski definition) is 0. The van der Waals surface area contributed by atoms with Crippen molar-refractivity contribution in [2.45, 2.75) is 18.9 Å². The van der Waals surface area contributed by atoms with Crippen LogP contribution in [0.15, 0.2) is 30.3 Å². The summed E-state index contributed by atoms with van der Waals surface area (Å²) in [6.45, 7) is 0.798. The molecule has 0 spiro atoms. The molecule has 0 fully saturated rings. The molecule has 2 nitrogen and oxygen atoms in total. The monoisotopic (exact) mass is 194 g/mol. The van der Waals surface area contributed by atoms with Crippen LogP contribution in [0.4, 0.5) is 0 Å². The van der Waals surface area contributed by atoms with Crippen molar-refractivity contribution in [1.82, 2.24) is 0 Å². The van der Waals surface area contributed by atoms with Crippen LogP contribution in [0.25, 0.3) is 0 Å². The molecule has 0 aromatic heterocycles. The molecule has 1 aromatic rings. The maximum atomic E-state index is 5.43. The van der Waals surface area contributed by atoms with Crippen LogP contribution in [0.5, 0.6) is 0 Å². The van der Waals surface area contributed by atoms with Gasteiger partial charge >= 0.3 is 0 Å². The van der Waals surface area contributed by atoms with Crippen molar-refractivity contribution >= 4 is 0 Å². The highest BCUT2D eigenvalue weighted by molar-refractivity contribution is 5.17. The van der Waals surface area contributed by atoms with E-state index in [-0.39, 0.29) is 6.10 Å². The highest BCUT2D eigenvalue weighted by Gasteiger charge is 2.08. The van der Waals surface area contributed by atoms with Gasteiger partial charge in [0.05, 0.1) is 6.10 Å². The average molecular weight is 194 g/mol. The van der Waals surface area contributed by atoms with Crippen LogP contribution in [-0.2, 0) is 9.47 Å². The normalized spacial score (nSPS) is 12.7. The first-order chi connectivity index (χ1) is 6.88. The minimum absolute atomic E-state index is 0.200. The van der Waals surface area contributed by atoms with Crippen molar-refractivity contribution in [3.05, 3.63) is 35.9 Å². The van der Waals surface area contributed by atoms with Gasteiger partial charge in [-0.2, -0.15) is 0 Å². The number of rotatable bonds is 6. The van der Waals surface area contributed by atoms with Gasteiger partial charge < -0.3 is 9.47 Å². The molecule has 0 saturated heterocycles. The van der Waals surface area contributed by atoms with Crippen molar-refractivity contribution < 1.29 is 9.47 Å². The Bertz CT molecular complexity index is 233. The van der Waals surface area contributed by atoms with Crippen molar-refractivity contribution in [2.75, 3.05) is 20.8 Å². The molecule has 1 aromatic carbocycles. The maximum Gasteiger partial charge on any atom is 0.0822 e. The van der Waals surface area contributed by atoms with Crippen molar-refractivity contribution in [3.8, 4) is 0 Å². The van der Waals surface area contributed by atoms with Crippen molar-refractivity contribution in [2.24, 2.45) is 0 Å². The van der Waals surface area contributed by atoms with Gasteiger partial charge in [-0.3, -0.25) is 0 Å². The zero-order chi connectivity index (χ0) is 10.2. The minimum atomic E-state index is 0.200. The Morgan fingerprint density at radius 2 is 1.86 bits per heavy atom. The lowest BCUT2D eigenvalue weighted by Gasteiger charge is -2.15. The maximum absolute atomic E-state index is 5.43. The summed E-state index contributed by atoms with van der Waals surface area (Å²) in [5.41, 5.74) is 1.24. The van der Waals surface area contributed by atoms with E-state index in [1.54, 1.807) is 14.2 Å². The summed E-state index contributed by atoms with van der Waals surface area (Å²) in [5.74, 6) is 0. The summed E-state index contributed by atoms with van der Waals surface area (Å²) in [6.07, 6.45) is 2.24. The van der Waals surface area contributed by atoms with E-state index in [0.717, 1.165) is 19.4 Å². The molecule has 0 aliphatic heterocycles. The smallest absolute Gasteiger partial charge is 0.0822 e. The predicted molar refractivity (Wildman–Crippen MR) is 57.3 cm³/mol. The topological polar surface area (TPSA) is 18.5 Å². The van der Waals surface area contributed by atoms with Crippen LogP contribution in [0.3, 0.4) is 0 Å². The number of hydrogen-bond acceptors (Lipinski definition) is 2. The van der Waals surface area contributed by atoms with Crippen LogP contribution in [0.2, 0.25) is 0 Å². The molecule has 0 aliphatic rings. The first-order valence-corrected chi connectivity index (χ1v) is 4.95. The molecular formula is C12H18O2. The molecule has 1 atom stereocenters. The fraction of sp³-hybridized carbons (Fsp3) is 0.500. The Morgan fingerprint density at radius 1 is 1.14 bits per heavy atom. The molecule has 2 heteroatoms. The van der Waals surface area contributed by atoms with E-state index in [9.17, 15) is 0 Å². The third-order valence-corrected chi connectivity index (χ3v) is 2.27. The Hall–Kier alpha value is -0.860. The Labute approximate surface area is 85.8 Å². The lowest BCUT2D eigenvalue weighted by atomic mass is 10.1. The summed E-state index contributed by atoms with van der Waals surface area (Å²) in [5, 5.41) is 0. The minimum Gasteiger partial charge on any atom is -0.385 e. The number of methoxy groups -OCH3 is 2. The lowest BCUT2D eigenvalue weighted by molar-refractivity contribution is 0.0835. The van der Waals surface area contributed by atoms with Gasteiger partial charge in [-0.25, -0.2) is 0 Å². The summed E-state index contributed by atoms with van der Waals surface area (Å²) in [7, 11) is 3.48. The second-order valence-electron chi connectivity index (χ2n) is 3.27. The fourth-order valence-electron chi connectivity index (χ4n) is 1.50. The highest BCUT2D eigenvalue weighted by atomic mass is 16.5. The Morgan fingerprint density at radius 3 is 2.43 bits per heavy atom. The zero-order valence-corrected chi connectivity index (χ0v) is 8.90. The third kappa shape index (κ3) is 3.48. The van der Waals surface area contributed by atoms with Gasteiger partial charge in [-0.1, -0.05) is 30.3 Å². The third-order valence-electron chi connectivity index (χ3n) is 2.27. The molecule has 1 rings (SSSR count). The van der Waals surface area contributed by atoms with E-state index < -0.39 is 0 Å². The standard InChI is InChI=1S/C12H18O2/c1-13-10-6-9-12(14-2)11-7-4-3-5-8-11/h3-5,7-8,12H,6,9-10H2,1-2H3. The van der Waals surface area contributed by atoms with Gasteiger partial charge in [0, 0.05) is 20.8 Å². The van der Waals surface area contributed by atoms with E-state index in [1.807, 2.05) is 18.2 Å². The lowest BCUT2D eigenvalue weighted by Crippen LogP contribution is -2.02. The van der Waals surface area contributed by atoms with Gasteiger partial charge in [0.1, 0.15) is 0 Å². The second kappa shape index (κ2) is 6.57. The molecule has 0 bridgehead atoms. The molecular weight excluding hydrogens is 176 g/mol. The van der Waals surface area contributed by atoms with E-state index in [1.165, 1.54) is 5.56 Å². The molecule has 0 amide bonds. The fourth-order valence-corrected chi connectivity index (χ4v) is 1.50. The quantitative estimate of drug-likeness (QED) is 0.648. The van der Waals surface area contributed by atoms with Gasteiger partial charge in [0.2, 0.25) is 0 Å². The molecule has 1 unspecified atom stereocenters. The van der Waals surface area contributed by atoms with Crippen molar-refractivity contribution in [3.63, 3.8) is 0 Å². The molecule has 0 radical (unpaired) electrons. The summed E-state index contributed by atoms with van der Waals surface area (Å²) >= 11 is 0. The second-order valence-corrected chi connectivity index (χ2v) is 3.27. The number of benzene rings is 1. The summed E-state index contributed by atoms with van der Waals surface area (Å²) in [4.78, 5) is 0. The van der Waals surface area contributed by atoms with Crippen molar-refractivity contribution in [1.29, 1.82) is 0 Å². The van der Waals surface area contributed by atoms with Gasteiger partial charge in [-0.15, -0.1) is 0 Å². The van der Waals surface area contributed by atoms with Crippen LogP contribution in [0.1, 0.15) is 24.5 Å². The molecule has 14 heavy (non-hydrogen) atoms. The highest BCUT2D eigenvalue weighted by Crippen LogP contribution is 2.21. The first kappa shape index (κ1) is 11.2. The van der Waals surface area contributed by atoms with E-state index in [2.05, 4.69) is 12.1 Å². The number of ether oxygens (including phenoxy) is 2. The molecule has 0 N–H and O–H groups in total.